The third-order valence-corrected chi connectivity index (χ3v) is 6.04. The molecule has 0 saturated carbocycles. The molecule has 0 spiro atoms. The first kappa shape index (κ1) is 18.2. The molecule has 0 radical (unpaired) electrons. The van der Waals surface area contributed by atoms with Gasteiger partial charge in [0, 0.05) is 26.2 Å². The second kappa shape index (κ2) is 7.30. The van der Waals surface area contributed by atoms with Crippen molar-refractivity contribution in [3.63, 3.8) is 0 Å². The molecule has 1 aliphatic rings. The predicted octanol–water partition coefficient (Wildman–Crippen LogP) is 1.05. The Bertz CT molecular complexity index is 899. The minimum Gasteiger partial charge on any atom is -0.481 e. The van der Waals surface area contributed by atoms with E-state index in [1.54, 1.807) is 23.1 Å². The highest BCUT2D eigenvalue weighted by atomic mass is 32.2. The Morgan fingerprint density at radius 3 is 2.42 bits per heavy atom. The molecule has 1 aromatic carbocycles. The molecule has 2 heterocycles. The molecule has 0 unspecified atom stereocenters. The van der Waals surface area contributed by atoms with Gasteiger partial charge in [-0.2, -0.15) is 4.31 Å². The van der Waals surface area contributed by atoms with Crippen LogP contribution in [-0.2, 0) is 21.2 Å². The van der Waals surface area contributed by atoms with Crippen LogP contribution in [0.2, 0.25) is 0 Å². The summed E-state index contributed by atoms with van der Waals surface area (Å²) < 4.78 is 32.0. The topological polar surface area (TPSA) is 108 Å². The average Bonchev–Trinajstić information content (AvgIpc) is 3.15. The summed E-state index contributed by atoms with van der Waals surface area (Å²) in [6, 6.07) is 9.12. The maximum Gasteiger partial charge on any atom is 0.307 e. The molecule has 1 aliphatic heterocycles. The van der Waals surface area contributed by atoms with Crippen molar-refractivity contribution in [2.24, 2.45) is 0 Å². The van der Waals surface area contributed by atoms with E-state index in [0.717, 1.165) is 0 Å². The number of nitrogens with zero attached hydrogens (tertiary/aromatic N) is 2. The van der Waals surface area contributed by atoms with Gasteiger partial charge in [0.25, 0.3) is 5.91 Å². The number of carbonyl (C=O) groups excluding carboxylic acids is 1. The predicted molar refractivity (Wildman–Crippen MR) is 91.2 cm³/mol. The van der Waals surface area contributed by atoms with Crippen molar-refractivity contribution >= 4 is 21.9 Å². The lowest BCUT2D eigenvalue weighted by molar-refractivity contribution is -0.136. The van der Waals surface area contributed by atoms with E-state index < -0.39 is 16.0 Å². The molecule has 138 valence electrons. The second-order valence-electron chi connectivity index (χ2n) is 5.89. The fraction of sp³-hybridized carbons (Fsp3) is 0.294. The lowest BCUT2D eigenvalue weighted by atomic mass is 10.2. The quantitative estimate of drug-likeness (QED) is 0.833. The number of benzene rings is 1. The summed E-state index contributed by atoms with van der Waals surface area (Å²) in [7, 11) is -3.74. The summed E-state index contributed by atoms with van der Waals surface area (Å²) >= 11 is 0. The molecular weight excluding hydrogens is 360 g/mol. The van der Waals surface area contributed by atoms with Crippen LogP contribution in [0.25, 0.3) is 0 Å². The van der Waals surface area contributed by atoms with Crippen LogP contribution in [0.1, 0.15) is 16.1 Å². The maximum atomic E-state index is 12.8. The van der Waals surface area contributed by atoms with Crippen LogP contribution < -0.4 is 0 Å². The molecule has 1 amide bonds. The van der Waals surface area contributed by atoms with Gasteiger partial charge in [0.15, 0.2) is 5.76 Å². The van der Waals surface area contributed by atoms with Gasteiger partial charge < -0.3 is 14.4 Å². The summed E-state index contributed by atoms with van der Waals surface area (Å²) in [5.74, 6) is -1.07. The molecule has 26 heavy (non-hydrogen) atoms. The summed E-state index contributed by atoms with van der Waals surface area (Å²) in [6.07, 6.45) is 1.17. The van der Waals surface area contributed by atoms with E-state index in [-0.39, 0.29) is 49.2 Å². The van der Waals surface area contributed by atoms with Crippen molar-refractivity contribution < 1.29 is 27.5 Å². The van der Waals surface area contributed by atoms with Crippen LogP contribution in [0.4, 0.5) is 0 Å². The van der Waals surface area contributed by atoms with E-state index >= 15 is 0 Å². The van der Waals surface area contributed by atoms with Crippen LogP contribution >= 0.6 is 0 Å². The van der Waals surface area contributed by atoms with Gasteiger partial charge in [-0.05, 0) is 29.8 Å². The van der Waals surface area contributed by atoms with Gasteiger partial charge in [0.05, 0.1) is 17.6 Å². The van der Waals surface area contributed by atoms with Crippen molar-refractivity contribution in [3.05, 3.63) is 54.0 Å². The molecular formula is C17H18N2O6S. The first-order chi connectivity index (χ1) is 12.4. The summed E-state index contributed by atoms with van der Waals surface area (Å²) in [5, 5.41) is 8.86. The smallest absolute Gasteiger partial charge is 0.307 e. The number of aliphatic carboxylic acids is 1. The molecule has 8 nitrogen and oxygen atoms in total. The molecule has 1 N–H and O–H groups in total. The first-order valence-electron chi connectivity index (χ1n) is 8.01. The summed E-state index contributed by atoms with van der Waals surface area (Å²) in [5.41, 5.74) is 0.421. The second-order valence-corrected chi connectivity index (χ2v) is 7.83. The Hall–Kier alpha value is -2.65. The minimum absolute atomic E-state index is 0.0575. The zero-order chi connectivity index (χ0) is 18.7. The van der Waals surface area contributed by atoms with Crippen molar-refractivity contribution in [2.75, 3.05) is 26.2 Å². The van der Waals surface area contributed by atoms with Crippen LogP contribution in [-0.4, -0.2) is 60.8 Å². The maximum absolute atomic E-state index is 12.8. The molecule has 9 heteroatoms. The number of piperazine rings is 1. The molecule has 3 rings (SSSR count). The Labute approximate surface area is 150 Å². The van der Waals surface area contributed by atoms with E-state index in [0.29, 0.717) is 5.56 Å². The molecule has 1 aromatic heterocycles. The molecule has 1 fully saturated rings. The standard InChI is InChI=1S/C17H18N2O6S/c20-16(21)12-13-3-1-4-14(11-13)26(23,24)19-8-6-18(7-9-19)17(22)15-5-2-10-25-15/h1-5,10-11H,6-9,12H2,(H,20,21). The fourth-order valence-corrected chi connectivity index (χ4v) is 4.32. The van der Waals surface area contributed by atoms with Crippen LogP contribution in [0.5, 0.6) is 0 Å². The normalized spacial score (nSPS) is 15.8. The average molecular weight is 378 g/mol. The van der Waals surface area contributed by atoms with Gasteiger partial charge in [-0.3, -0.25) is 9.59 Å². The number of hydrogen-bond donors (Lipinski definition) is 1. The number of carboxylic acid groups (broad SMARTS) is 1. The zero-order valence-corrected chi connectivity index (χ0v) is 14.7. The SMILES string of the molecule is O=C(O)Cc1cccc(S(=O)(=O)N2CCN(C(=O)c3ccco3)CC2)c1. The van der Waals surface area contributed by atoms with Gasteiger partial charge in [-0.25, -0.2) is 8.42 Å². The number of carboxylic acids is 1. The van der Waals surface area contributed by atoms with Gasteiger partial charge in [0.1, 0.15) is 0 Å². The Morgan fingerprint density at radius 1 is 1.08 bits per heavy atom. The minimum atomic E-state index is -3.74. The van der Waals surface area contributed by atoms with E-state index in [9.17, 15) is 18.0 Å². The van der Waals surface area contributed by atoms with Crippen molar-refractivity contribution in [1.82, 2.24) is 9.21 Å². The highest BCUT2D eigenvalue weighted by molar-refractivity contribution is 7.89. The van der Waals surface area contributed by atoms with Crippen molar-refractivity contribution in [1.29, 1.82) is 0 Å². The third kappa shape index (κ3) is 3.78. The third-order valence-electron chi connectivity index (χ3n) is 4.15. The molecule has 0 aliphatic carbocycles. The van der Waals surface area contributed by atoms with E-state index in [1.807, 2.05) is 0 Å². The van der Waals surface area contributed by atoms with E-state index in [2.05, 4.69) is 0 Å². The van der Waals surface area contributed by atoms with Crippen molar-refractivity contribution in [2.45, 2.75) is 11.3 Å². The summed E-state index contributed by atoms with van der Waals surface area (Å²) in [4.78, 5) is 24.7. The highest BCUT2D eigenvalue weighted by Gasteiger charge is 2.31. The van der Waals surface area contributed by atoms with Gasteiger partial charge in [-0.1, -0.05) is 12.1 Å². The zero-order valence-electron chi connectivity index (χ0n) is 13.9. The first-order valence-corrected chi connectivity index (χ1v) is 9.45. The van der Waals surface area contributed by atoms with Gasteiger partial charge in [-0.15, -0.1) is 0 Å². The van der Waals surface area contributed by atoms with Gasteiger partial charge in [0.2, 0.25) is 10.0 Å². The largest absolute Gasteiger partial charge is 0.481 e. The lowest BCUT2D eigenvalue weighted by Gasteiger charge is -2.33. The van der Waals surface area contributed by atoms with Crippen molar-refractivity contribution in [3.8, 4) is 0 Å². The monoisotopic (exact) mass is 378 g/mol. The van der Waals surface area contributed by atoms with Crippen LogP contribution in [0.3, 0.4) is 0 Å². The van der Waals surface area contributed by atoms with Crippen LogP contribution in [0.15, 0.2) is 52.0 Å². The number of carbonyl (C=O) groups is 2. The number of amides is 1. The molecule has 0 atom stereocenters. The fourth-order valence-electron chi connectivity index (χ4n) is 2.83. The number of rotatable bonds is 5. The number of hydrogen-bond acceptors (Lipinski definition) is 5. The number of sulfonamides is 1. The molecule has 2 aromatic rings. The Kier molecular flexibility index (Phi) is 5.10. The highest BCUT2D eigenvalue weighted by Crippen LogP contribution is 2.20. The summed E-state index contributed by atoms with van der Waals surface area (Å²) in [6.45, 7) is 0.844. The molecule has 0 bridgehead atoms. The molecule has 1 saturated heterocycles. The van der Waals surface area contributed by atoms with E-state index in [4.69, 9.17) is 9.52 Å². The van der Waals surface area contributed by atoms with Gasteiger partial charge >= 0.3 is 5.97 Å². The Balaban J connectivity index is 1.70. The Morgan fingerprint density at radius 2 is 1.81 bits per heavy atom. The van der Waals surface area contributed by atoms with Crippen LogP contribution in [0, 0.1) is 0 Å². The van der Waals surface area contributed by atoms with E-state index in [1.165, 1.54) is 28.8 Å². The number of furan rings is 1. The lowest BCUT2D eigenvalue weighted by Crippen LogP contribution is -2.50.